The Bertz CT molecular complexity index is 1220. The number of anilines is 1. The van der Waals surface area contributed by atoms with E-state index in [2.05, 4.69) is 20.6 Å². The van der Waals surface area contributed by atoms with Crippen LogP contribution in [0.2, 0.25) is 0 Å². The van der Waals surface area contributed by atoms with Crippen LogP contribution in [0.25, 0.3) is 10.4 Å². The Morgan fingerprint density at radius 3 is 2.61 bits per heavy atom. The van der Waals surface area contributed by atoms with Crippen molar-refractivity contribution in [1.29, 1.82) is 0 Å². The molecule has 0 spiro atoms. The van der Waals surface area contributed by atoms with E-state index in [-0.39, 0.29) is 33.0 Å². The van der Waals surface area contributed by atoms with Crippen LogP contribution in [0.3, 0.4) is 0 Å². The fourth-order valence-corrected chi connectivity index (χ4v) is 6.83. The molecule has 2 aliphatic heterocycles. The number of hydrogen-bond donors (Lipinski definition) is 2. The molecule has 2 saturated heterocycles. The van der Waals surface area contributed by atoms with Crippen molar-refractivity contribution in [3.63, 3.8) is 0 Å². The van der Waals surface area contributed by atoms with Gasteiger partial charge in [-0.25, -0.2) is 27.5 Å². The van der Waals surface area contributed by atoms with Gasteiger partial charge in [-0.1, -0.05) is 6.92 Å². The van der Waals surface area contributed by atoms with Gasteiger partial charge in [-0.15, -0.1) is 11.3 Å². The van der Waals surface area contributed by atoms with Crippen LogP contribution in [0.15, 0.2) is 12.3 Å². The molecule has 2 fully saturated rings. The fraction of sp³-hybridized carbons (Fsp3) is 0.583. The molecule has 2 N–H and O–H groups in total. The molecule has 2 aromatic heterocycles. The Morgan fingerprint density at radius 2 is 2.00 bits per heavy atom. The summed E-state index contributed by atoms with van der Waals surface area (Å²) in [5.74, 6) is -3.44. The molecule has 0 aliphatic carbocycles. The van der Waals surface area contributed by atoms with Crippen LogP contribution >= 0.6 is 11.3 Å². The number of amides is 2. The highest BCUT2D eigenvalue weighted by Gasteiger charge is 2.46. The lowest BCUT2D eigenvalue weighted by Crippen LogP contribution is -2.39. The molecule has 0 radical (unpaired) electrons. The van der Waals surface area contributed by atoms with Crippen LogP contribution in [0.1, 0.15) is 71.8 Å². The number of alkyl halides is 4. The van der Waals surface area contributed by atoms with Crippen LogP contribution in [0, 0.1) is 0 Å². The molecule has 2 amide bonds. The molecule has 4 rings (SSSR count). The molecule has 1 atom stereocenters. The number of carbonyl (C=O) groups excluding carboxylic acids is 2. The summed E-state index contributed by atoms with van der Waals surface area (Å²) in [5.41, 5.74) is -0.848. The van der Waals surface area contributed by atoms with E-state index in [4.69, 9.17) is 0 Å². The third-order valence-corrected chi connectivity index (χ3v) is 8.98. The minimum absolute atomic E-state index is 0.0304. The van der Waals surface area contributed by atoms with Gasteiger partial charge in [0.25, 0.3) is 24.2 Å². The molecule has 2 aliphatic rings. The molecule has 0 saturated carbocycles. The highest BCUT2D eigenvalue weighted by molar-refractivity contribution is 7.85. The molecule has 14 heteroatoms. The first-order valence-electron chi connectivity index (χ1n) is 12.4. The van der Waals surface area contributed by atoms with E-state index in [1.165, 1.54) is 19.2 Å². The van der Waals surface area contributed by atoms with Crippen molar-refractivity contribution in [3.05, 3.63) is 28.5 Å². The Balaban J connectivity index is 1.73. The van der Waals surface area contributed by atoms with Crippen molar-refractivity contribution in [3.8, 4) is 10.4 Å². The number of nitrogens with zero attached hydrogens (tertiary/aromatic N) is 3. The Hall–Kier alpha value is -2.61. The standard InChI is InChI=1S/C24H29F4N5O3S2/c1-3-6-29-17-9-15(20(25)26)16(11-30-17)19-18(23(35)33-12-24(27,28)10-13(33)2)32-22(37-19)21(34)31-14-4-7-38(36)8-5-14/h9,11,13-14,20H,3-8,10,12H2,1-2H3,(H,29,30)(H,31,34). The summed E-state index contributed by atoms with van der Waals surface area (Å²) in [5, 5.41) is 5.59. The number of likely N-dealkylation sites (tertiary alicyclic amines) is 1. The lowest BCUT2D eigenvalue weighted by molar-refractivity contribution is 0.0118. The summed E-state index contributed by atoms with van der Waals surface area (Å²) in [6.45, 7) is 3.07. The Kier molecular flexibility index (Phi) is 8.70. The van der Waals surface area contributed by atoms with Crippen molar-refractivity contribution in [2.45, 2.75) is 64.0 Å². The van der Waals surface area contributed by atoms with Gasteiger partial charge < -0.3 is 15.5 Å². The second-order valence-electron chi connectivity index (χ2n) is 9.52. The lowest BCUT2D eigenvalue weighted by Gasteiger charge is -2.21. The van der Waals surface area contributed by atoms with E-state index in [0.29, 0.717) is 30.9 Å². The van der Waals surface area contributed by atoms with Crippen molar-refractivity contribution in [2.75, 3.05) is 29.9 Å². The van der Waals surface area contributed by atoms with Crippen LogP contribution in [0.5, 0.6) is 0 Å². The van der Waals surface area contributed by atoms with Gasteiger partial charge in [-0.2, -0.15) is 0 Å². The van der Waals surface area contributed by atoms with E-state index in [0.717, 1.165) is 22.7 Å². The van der Waals surface area contributed by atoms with Gasteiger partial charge >= 0.3 is 0 Å². The number of rotatable bonds is 8. The maximum absolute atomic E-state index is 14.1. The average molecular weight is 576 g/mol. The zero-order valence-corrected chi connectivity index (χ0v) is 22.6. The van der Waals surface area contributed by atoms with E-state index in [1.54, 1.807) is 0 Å². The van der Waals surface area contributed by atoms with Gasteiger partial charge in [-0.05, 0) is 32.3 Å². The number of aromatic nitrogens is 2. The minimum atomic E-state index is -3.09. The molecule has 2 aromatic rings. The predicted octanol–water partition coefficient (Wildman–Crippen LogP) is 4.48. The van der Waals surface area contributed by atoms with Crippen molar-refractivity contribution in [1.82, 2.24) is 20.2 Å². The number of thiazole rings is 1. The highest BCUT2D eigenvalue weighted by Crippen LogP contribution is 2.40. The van der Waals surface area contributed by atoms with E-state index in [9.17, 15) is 31.4 Å². The largest absolute Gasteiger partial charge is 0.370 e. The monoisotopic (exact) mass is 575 g/mol. The summed E-state index contributed by atoms with van der Waals surface area (Å²) >= 11 is 0.741. The van der Waals surface area contributed by atoms with Crippen LogP contribution in [-0.2, 0) is 10.8 Å². The van der Waals surface area contributed by atoms with Gasteiger partial charge in [0.1, 0.15) is 11.5 Å². The summed E-state index contributed by atoms with van der Waals surface area (Å²) in [6.07, 6.45) is -0.520. The molecule has 0 aromatic carbocycles. The molecule has 208 valence electrons. The summed E-state index contributed by atoms with van der Waals surface area (Å²) in [4.78, 5) is 35.8. The third kappa shape index (κ3) is 6.33. The van der Waals surface area contributed by atoms with Crippen LogP contribution in [-0.4, -0.2) is 73.5 Å². The van der Waals surface area contributed by atoms with Crippen LogP contribution in [0.4, 0.5) is 23.4 Å². The summed E-state index contributed by atoms with van der Waals surface area (Å²) in [6, 6.07) is 0.130. The highest BCUT2D eigenvalue weighted by atomic mass is 32.2. The molecular weight excluding hydrogens is 546 g/mol. The number of carbonyl (C=O) groups is 2. The minimum Gasteiger partial charge on any atom is -0.370 e. The first-order valence-corrected chi connectivity index (χ1v) is 14.7. The summed E-state index contributed by atoms with van der Waals surface area (Å²) < 4.78 is 68.1. The van der Waals surface area contributed by atoms with Crippen molar-refractivity contribution >= 4 is 39.8 Å². The maximum atomic E-state index is 14.1. The van der Waals surface area contributed by atoms with Gasteiger partial charge in [0, 0.05) is 64.7 Å². The van der Waals surface area contributed by atoms with Crippen LogP contribution < -0.4 is 10.6 Å². The molecule has 8 nitrogen and oxygen atoms in total. The Labute approximate surface area is 224 Å². The topological polar surface area (TPSA) is 104 Å². The van der Waals surface area contributed by atoms with Gasteiger partial charge in [0.15, 0.2) is 5.01 Å². The second-order valence-corrected chi connectivity index (χ2v) is 12.2. The van der Waals surface area contributed by atoms with E-state index >= 15 is 0 Å². The number of hydrogen-bond acceptors (Lipinski definition) is 7. The number of pyridine rings is 1. The lowest BCUT2D eigenvalue weighted by atomic mass is 10.1. The normalized spacial score (nSPS) is 23.0. The van der Waals surface area contributed by atoms with E-state index < -0.39 is 59.5 Å². The zero-order chi connectivity index (χ0) is 27.6. The van der Waals surface area contributed by atoms with E-state index in [1.807, 2.05) is 6.92 Å². The third-order valence-electron chi connectivity index (χ3n) is 6.51. The fourth-order valence-electron chi connectivity index (χ4n) is 4.54. The average Bonchev–Trinajstić information content (AvgIpc) is 3.43. The van der Waals surface area contributed by atoms with Gasteiger partial charge in [0.2, 0.25) is 0 Å². The molecular formula is C24H29F4N5O3S2. The maximum Gasteiger partial charge on any atom is 0.280 e. The summed E-state index contributed by atoms with van der Waals surface area (Å²) in [7, 11) is -0.933. The quantitative estimate of drug-likeness (QED) is 0.450. The first kappa shape index (κ1) is 28.4. The smallest absolute Gasteiger partial charge is 0.280 e. The van der Waals surface area contributed by atoms with Gasteiger partial charge in [0.05, 0.1) is 11.4 Å². The molecule has 1 unspecified atom stereocenters. The Morgan fingerprint density at radius 1 is 1.29 bits per heavy atom. The molecule has 38 heavy (non-hydrogen) atoms. The number of halogens is 4. The molecule has 0 bridgehead atoms. The second kappa shape index (κ2) is 11.6. The first-order chi connectivity index (χ1) is 18.0. The van der Waals surface area contributed by atoms with Crippen molar-refractivity contribution < 1.29 is 31.4 Å². The zero-order valence-electron chi connectivity index (χ0n) is 20.9. The number of nitrogens with one attached hydrogen (secondary N) is 2. The molecule has 4 heterocycles. The predicted molar refractivity (Wildman–Crippen MR) is 138 cm³/mol. The van der Waals surface area contributed by atoms with Crippen molar-refractivity contribution in [2.24, 2.45) is 0 Å². The van der Waals surface area contributed by atoms with Gasteiger partial charge in [-0.3, -0.25) is 13.8 Å². The SMILES string of the molecule is CCCNc1cc(C(F)F)c(-c2sc(C(=O)NC3CCS(=O)CC3)nc2C(=O)N2CC(F)(F)CC2C)cn1.